The van der Waals surface area contributed by atoms with E-state index >= 15 is 0 Å². The monoisotopic (exact) mass is 339 g/mol. The molecule has 2 aliphatic heterocycles. The van der Waals surface area contributed by atoms with Crippen LogP contribution in [0.5, 0.6) is 0 Å². The van der Waals surface area contributed by atoms with Gasteiger partial charge < -0.3 is 16.0 Å². The van der Waals surface area contributed by atoms with Crippen LogP contribution < -0.4 is 11.1 Å². The molecule has 0 saturated carbocycles. The van der Waals surface area contributed by atoms with E-state index in [0.29, 0.717) is 18.7 Å². The predicted molar refractivity (Wildman–Crippen MR) is 94.1 cm³/mol. The smallest absolute Gasteiger partial charge is 0.272 e. The first kappa shape index (κ1) is 15.7. The lowest BCUT2D eigenvalue weighted by Crippen LogP contribution is -2.48. The van der Waals surface area contributed by atoms with Crippen LogP contribution in [0.4, 0.5) is 11.5 Å². The highest BCUT2D eigenvalue weighted by atomic mass is 16.2. The first-order chi connectivity index (χ1) is 12.1. The van der Waals surface area contributed by atoms with Crippen LogP contribution in [-0.4, -0.2) is 39.5 Å². The minimum atomic E-state index is -0.673. The maximum Gasteiger partial charge on any atom is 0.272 e. The fraction of sp³-hybridized carbons (Fsp3) is 0.389. The standard InChI is InChI=1S/C18H21N5O2/c1-2-5-14-18(11-6-3-4-7-12(11)20-17(18)25)8-9-23(14)16(24)13-10-15(19)22-21-13/h3-4,6-7,10,14H,2,5,8-9H2,1H3,(H,20,25)(H3,19,21,22)/t14-,18-/m0/s1. The lowest BCUT2D eigenvalue weighted by atomic mass is 9.73. The summed E-state index contributed by atoms with van der Waals surface area (Å²) in [6.07, 6.45) is 2.27. The van der Waals surface area contributed by atoms with Gasteiger partial charge in [-0.05, 0) is 24.5 Å². The molecule has 2 atom stereocenters. The fourth-order valence-corrected chi connectivity index (χ4v) is 4.32. The van der Waals surface area contributed by atoms with E-state index in [9.17, 15) is 9.59 Å². The Morgan fingerprint density at radius 3 is 2.96 bits per heavy atom. The molecule has 4 rings (SSSR count). The SMILES string of the molecule is CCC[C@@H]1N(C(=O)c2cc(N)n[nH]2)CC[C@@]12C(=O)Nc1ccccc12. The van der Waals surface area contributed by atoms with Crippen LogP contribution in [-0.2, 0) is 10.2 Å². The summed E-state index contributed by atoms with van der Waals surface area (Å²) in [6, 6.07) is 9.14. The van der Waals surface area contributed by atoms with Gasteiger partial charge in [-0.2, -0.15) is 5.10 Å². The zero-order valence-corrected chi connectivity index (χ0v) is 14.1. The Labute approximate surface area is 145 Å². The number of likely N-dealkylation sites (tertiary alicyclic amines) is 1. The lowest BCUT2D eigenvalue weighted by molar-refractivity contribution is -0.121. The largest absolute Gasteiger partial charge is 0.382 e. The third kappa shape index (κ3) is 2.15. The molecule has 25 heavy (non-hydrogen) atoms. The number of hydrogen-bond acceptors (Lipinski definition) is 4. The van der Waals surface area contributed by atoms with Crippen LogP contribution in [0.2, 0.25) is 0 Å². The Hall–Kier alpha value is -2.83. The van der Waals surface area contributed by atoms with Gasteiger partial charge in [-0.25, -0.2) is 0 Å². The number of amides is 2. The Balaban J connectivity index is 1.76. The second-order valence-corrected chi connectivity index (χ2v) is 6.73. The number of rotatable bonds is 3. The average molecular weight is 339 g/mol. The summed E-state index contributed by atoms with van der Waals surface area (Å²) in [5.41, 5.74) is 7.18. The molecule has 2 amide bonds. The van der Waals surface area contributed by atoms with Crippen LogP contribution in [0.3, 0.4) is 0 Å². The summed E-state index contributed by atoms with van der Waals surface area (Å²) >= 11 is 0. The van der Waals surface area contributed by atoms with Crippen molar-refractivity contribution in [1.82, 2.24) is 15.1 Å². The number of carbonyl (C=O) groups is 2. The minimum Gasteiger partial charge on any atom is -0.382 e. The molecule has 0 aliphatic carbocycles. The Bertz CT molecular complexity index is 845. The molecule has 1 aromatic carbocycles. The molecular formula is C18H21N5O2. The third-order valence-corrected chi connectivity index (χ3v) is 5.40. The maximum atomic E-state index is 13.0. The number of nitrogen functional groups attached to an aromatic ring is 1. The normalized spacial score (nSPS) is 24.6. The number of aromatic amines is 1. The number of para-hydroxylation sites is 1. The number of anilines is 2. The Morgan fingerprint density at radius 2 is 2.24 bits per heavy atom. The van der Waals surface area contributed by atoms with Gasteiger partial charge >= 0.3 is 0 Å². The zero-order chi connectivity index (χ0) is 17.6. The van der Waals surface area contributed by atoms with Crippen molar-refractivity contribution in [2.24, 2.45) is 0 Å². The number of nitrogens with one attached hydrogen (secondary N) is 2. The minimum absolute atomic E-state index is 0.00780. The van der Waals surface area contributed by atoms with E-state index < -0.39 is 5.41 Å². The van der Waals surface area contributed by atoms with Crippen molar-refractivity contribution < 1.29 is 9.59 Å². The van der Waals surface area contributed by atoms with Crippen molar-refractivity contribution in [3.63, 3.8) is 0 Å². The van der Waals surface area contributed by atoms with Crippen molar-refractivity contribution in [3.8, 4) is 0 Å². The molecule has 3 heterocycles. The summed E-state index contributed by atoms with van der Waals surface area (Å²) in [4.78, 5) is 27.7. The quantitative estimate of drug-likeness (QED) is 0.794. The molecule has 7 nitrogen and oxygen atoms in total. The topological polar surface area (TPSA) is 104 Å². The highest BCUT2D eigenvalue weighted by Crippen LogP contribution is 2.49. The molecule has 7 heteroatoms. The van der Waals surface area contributed by atoms with E-state index in [-0.39, 0.29) is 23.7 Å². The average Bonchev–Trinajstić information content (AvgIpc) is 3.27. The van der Waals surface area contributed by atoms with Gasteiger partial charge in [-0.15, -0.1) is 0 Å². The van der Waals surface area contributed by atoms with Crippen molar-refractivity contribution in [2.45, 2.75) is 37.6 Å². The van der Waals surface area contributed by atoms with Crippen LogP contribution in [0, 0.1) is 0 Å². The van der Waals surface area contributed by atoms with E-state index in [2.05, 4.69) is 22.4 Å². The van der Waals surface area contributed by atoms with E-state index in [0.717, 1.165) is 24.1 Å². The number of H-pyrrole nitrogens is 1. The predicted octanol–water partition coefficient (Wildman–Crippen LogP) is 1.90. The van der Waals surface area contributed by atoms with Gasteiger partial charge in [-0.3, -0.25) is 14.7 Å². The van der Waals surface area contributed by atoms with E-state index in [1.54, 1.807) is 11.0 Å². The summed E-state index contributed by atoms with van der Waals surface area (Å²) in [5.74, 6) is 0.122. The van der Waals surface area contributed by atoms with Crippen molar-refractivity contribution in [2.75, 3.05) is 17.6 Å². The van der Waals surface area contributed by atoms with Gasteiger partial charge in [0.25, 0.3) is 5.91 Å². The molecule has 0 radical (unpaired) electrons. The second-order valence-electron chi connectivity index (χ2n) is 6.73. The number of nitrogens with zero attached hydrogens (tertiary/aromatic N) is 2. The molecule has 1 spiro atoms. The van der Waals surface area contributed by atoms with Crippen molar-refractivity contribution in [3.05, 3.63) is 41.6 Å². The van der Waals surface area contributed by atoms with E-state index in [4.69, 9.17) is 5.73 Å². The van der Waals surface area contributed by atoms with Gasteiger partial charge in [0.1, 0.15) is 11.5 Å². The molecule has 130 valence electrons. The van der Waals surface area contributed by atoms with Crippen LogP contribution in [0.1, 0.15) is 42.2 Å². The first-order valence-corrected chi connectivity index (χ1v) is 8.60. The van der Waals surface area contributed by atoms with E-state index in [1.807, 2.05) is 24.3 Å². The molecule has 1 saturated heterocycles. The van der Waals surface area contributed by atoms with Crippen LogP contribution in [0.25, 0.3) is 0 Å². The number of benzene rings is 1. The summed E-state index contributed by atoms with van der Waals surface area (Å²) in [6.45, 7) is 2.60. The number of nitrogens with two attached hydrogens (primary N) is 1. The number of aromatic nitrogens is 2. The third-order valence-electron chi connectivity index (χ3n) is 5.40. The first-order valence-electron chi connectivity index (χ1n) is 8.60. The van der Waals surface area contributed by atoms with Gasteiger partial charge in [-0.1, -0.05) is 31.5 Å². The molecule has 0 unspecified atom stereocenters. The molecular weight excluding hydrogens is 318 g/mol. The van der Waals surface area contributed by atoms with Crippen LogP contribution >= 0.6 is 0 Å². The van der Waals surface area contributed by atoms with Gasteiger partial charge in [0.2, 0.25) is 5.91 Å². The van der Waals surface area contributed by atoms with Gasteiger partial charge in [0.05, 0.1) is 11.5 Å². The second kappa shape index (κ2) is 5.61. The fourth-order valence-electron chi connectivity index (χ4n) is 4.32. The molecule has 0 bridgehead atoms. The maximum absolute atomic E-state index is 13.0. The van der Waals surface area contributed by atoms with Gasteiger partial charge in [0, 0.05) is 18.3 Å². The molecule has 4 N–H and O–H groups in total. The van der Waals surface area contributed by atoms with Crippen molar-refractivity contribution >= 4 is 23.3 Å². The highest BCUT2D eigenvalue weighted by molar-refractivity contribution is 6.08. The number of carbonyl (C=O) groups excluding carboxylic acids is 2. The lowest BCUT2D eigenvalue weighted by Gasteiger charge is -2.33. The Kier molecular flexibility index (Phi) is 3.52. The van der Waals surface area contributed by atoms with Crippen molar-refractivity contribution in [1.29, 1.82) is 0 Å². The highest BCUT2D eigenvalue weighted by Gasteiger charge is 2.58. The summed E-state index contributed by atoms with van der Waals surface area (Å²) in [7, 11) is 0. The number of fused-ring (bicyclic) bond motifs is 2. The molecule has 1 aromatic heterocycles. The molecule has 1 fully saturated rings. The summed E-state index contributed by atoms with van der Waals surface area (Å²) in [5, 5.41) is 9.54. The van der Waals surface area contributed by atoms with Crippen LogP contribution in [0.15, 0.2) is 30.3 Å². The Morgan fingerprint density at radius 1 is 1.44 bits per heavy atom. The summed E-state index contributed by atoms with van der Waals surface area (Å²) < 4.78 is 0. The zero-order valence-electron chi connectivity index (χ0n) is 14.1. The molecule has 2 aromatic rings. The van der Waals surface area contributed by atoms with Gasteiger partial charge in [0.15, 0.2) is 0 Å². The molecule has 2 aliphatic rings. The number of hydrogen-bond donors (Lipinski definition) is 3. The van der Waals surface area contributed by atoms with E-state index in [1.165, 1.54) is 0 Å².